The molecular weight excluding hydrogens is 406 g/mol. The minimum absolute atomic E-state index is 0.148. The summed E-state index contributed by atoms with van der Waals surface area (Å²) in [6.07, 6.45) is 0.148. The monoisotopic (exact) mass is 425 g/mol. The van der Waals surface area contributed by atoms with Gasteiger partial charge in [-0.2, -0.15) is 0 Å². The van der Waals surface area contributed by atoms with Crippen LogP contribution in [0.25, 0.3) is 0 Å². The molecule has 0 heterocycles. The van der Waals surface area contributed by atoms with Gasteiger partial charge in [-0.15, -0.1) is 0 Å². The highest BCUT2D eigenvalue weighted by Gasteiger charge is 2.11. The second-order valence-electron chi connectivity index (χ2n) is 5.57. The number of hydrogen-bond donors (Lipinski definition) is 1. The normalized spacial score (nSPS) is 12.5. The van der Waals surface area contributed by atoms with Crippen LogP contribution in [-0.4, -0.2) is 6.10 Å². The van der Waals surface area contributed by atoms with Crippen LogP contribution in [0.5, 0.6) is 5.75 Å². The first-order valence-electron chi connectivity index (χ1n) is 7.40. The summed E-state index contributed by atoms with van der Waals surface area (Å²) < 4.78 is 7.76. The summed E-state index contributed by atoms with van der Waals surface area (Å²) in [6.45, 7) is 7.02. The molecule has 0 aliphatic rings. The van der Waals surface area contributed by atoms with Crippen LogP contribution in [0.1, 0.15) is 37.9 Å². The molecule has 0 spiro atoms. The minimum Gasteiger partial charge on any atom is -0.489 e. The Kier molecular flexibility index (Phi) is 6.48. The molecule has 0 bridgehead atoms. The smallest absolute Gasteiger partial charge is 0.148 e. The lowest BCUT2D eigenvalue weighted by atomic mass is 10.1. The molecule has 0 aliphatic heterocycles. The topological polar surface area (TPSA) is 21.3 Å². The average Bonchev–Trinajstić information content (AvgIpc) is 2.49. The summed E-state index contributed by atoms with van der Waals surface area (Å²) in [5.74, 6) is 0.856. The molecule has 4 heteroatoms. The lowest BCUT2D eigenvalue weighted by Crippen LogP contribution is -2.18. The molecule has 2 aromatic carbocycles. The van der Waals surface area contributed by atoms with E-state index < -0.39 is 0 Å². The second-order valence-corrected chi connectivity index (χ2v) is 7.28. The fourth-order valence-electron chi connectivity index (χ4n) is 2.19. The van der Waals surface area contributed by atoms with Crippen LogP contribution < -0.4 is 10.1 Å². The van der Waals surface area contributed by atoms with Gasteiger partial charge in [0.05, 0.1) is 15.0 Å². The molecule has 2 rings (SSSR count). The molecule has 2 nitrogen and oxygen atoms in total. The van der Waals surface area contributed by atoms with E-state index in [-0.39, 0.29) is 6.10 Å². The predicted molar refractivity (Wildman–Crippen MR) is 99.3 cm³/mol. The number of hydrogen-bond acceptors (Lipinski definition) is 2. The first-order chi connectivity index (χ1) is 10.5. The van der Waals surface area contributed by atoms with Crippen LogP contribution in [0.3, 0.4) is 0 Å². The SMILES string of the molecule is CC(C)Oc1c(Br)cc(CNC(C)c2ccccc2)cc1Br. The van der Waals surface area contributed by atoms with Crippen molar-refractivity contribution in [1.82, 2.24) is 5.32 Å². The first-order valence-corrected chi connectivity index (χ1v) is 8.99. The van der Waals surface area contributed by atoms with E-state index >= 15 is 0 Å². The van der Waals surface area contributed by atoms with Gasteiger partial charge in [0.25, 0.3) is 0 Å². The summed E-state index contributed by atoms with van der Waals surface area (Å²) in [6, 6.07) is 15.0. The van der Waals surface area contributed by atoms with Gasteiger partial charge in [-0.05, 0) is 75.9 Å². The second kappa shape index (κ2) is 8.14. The van der Waals surface area contributed by atoms with Gasteiger partial charge in [0.15, 0.2) is 0 Å². The van der Waals surface area contributed by atoms with Gasteiger partial charge in [0.1, 0.15) is 5.75 Å². The van der Waals surface area contributed by atoms with Gasteiger partial charge >= 0.3 is 0 Å². The molecular formula is C18H21Br2NO. The molecule has 0 amide bonds. The Morgan fingerprint density at radius 2 is 1.59 bits per heavy atom. The van der Waals surface area contributed by atoms with E-state index in [0.29, 0.717) is 6.04 Å². The Balaban J connectivity index is 2.05. The third-order valence-corrected chi connectivity index (χ3v) is 4.50. The molecule has 0 saturated carbocycles. The van der Waals surface area contributed by atoms with Crippen molar-refractivity contribution in [2.45, 2.75) is 39.5 Å². The van der Waals surface area contributed by atoms with E-state index in [4.69, 9.17) is 4.74 Å². The molecule has 0 saturated heterocycles. The molecule has 22 heavy (non-hydrogen) atoms. The number of nitrogens with one attached hydrogen (secondary N) is 1. The van der Waals surface area contributed by atoms with Crippen LogP contribution in [0.2, 0.25) is 0 Å². The van der Waals surface area contributed by atoms with E-state index in [1.807, 2.05) is 19.9 Å². The Bertz CT molecular complexity index is 591. The van der Waals surface area contributed by atoms with Gasteiger partial charge in [0, 0.05) is 12.6 Å². The van der Waals surface area contributed by atoms with Crippen molar-refractivity contribution in [2.24, 2.45) is 0 Å². The van der Waals surface area contributed by atoms with Gasteiger partial charge in [-0.1, -0.05) is 30.3 Å². The maximum Gasteiger partial charge on any atom is 0.148 e. The fraction of sp³-hybridized carbons (Fsp3) is 0.333. The van der Waals surface area contributed by atoms with Gasteiger partial charge in [-0.25, -0.2) is 0 Å². The summed E-state index contributed by atoms with van der Waals surface area (Å²) >= 11 is 7.19. The van der Waals surface area contributed by atoms with E-state index in [0.717, 1.165) is 21.2 Å². The van der Waals surface area contributed by atoms with E-state index in [2.05, 4.69) is 80.5 Å². The predicted octanol–water partition coefficient (Wildman–Crippen LogP) is 5.85. The Morgan fingerprint density at radius 3 is 2.14 bits per heavy atom. The van der Waals surface area contributed by atoms with Crippen molar-refractivity contribution < 1.29 is 4.74 Å². The van der Waals surface area contributed by atoms with E-state index in [1.54, 1.807) is 0 Å². The van der Waals surface area contributed by atoms with Gasteiger partial charge in [0.2, 0.25) is 0 Å². The molecule has 1 unspecified atom stereocenters. The van der Waals surface area contributed by atoms with Crippen molar-refractivity contribution in [2.75, 3.05) is 0 Å². The molecule has 0 fully saturated rings. The van der Waals surface area contributed by atoms with Crippen LogP contribution in [-0.2, 0) is 6.54 Å². The third kappa shape index (κ3) is 4.83. The largest absolute Gasteiger partial charge is 0.489 e. The first kappa shape index (κ1) is 17.5. The maximum atomic E-state index is 5.81. The quantitative estimate of drug-likeness (QED) is 0.625. The van der Waals surface area contributed by atoms with Crippen LogP contribution >= 0.6 is 31.9 Å². The van der Waals surface area contributed by atoms with Crippen LogP contribution in [0, 0.1) is 0 Å². The Morgan fingerprint density at radius 1 is 1.00 bits per heavy atom. The standard InChI is InChI=1S/C18H21Br2NO/c1-12(2)22-18-16(19)9-14(10-17(18)20)11-21-13(3)15-7-5-4-6-8-15/h4-10,12-13,21H,11H2,1-3H3. The molecule has 1 atom stereocenters. The summed E-state index contributed by atoms with van der Waals surface area (Å²) in [7, 11) is 0. The Labute approximate surface area is 149 Å². The van der Waals surface area contributed by atoms with Gasteiger partial charge in [-0.3, -0.25) is 0 Å². The summed E-state index contributed by atoms with van der Waals surface area (Å²) in [5.41, 5.74) is 2.50. The van der Waals surface area contributed by atoms with E-state index in [9.17, 15) is 0 Å². The average molecular weight is 427 g/mol. The lowest BCUT2D eigenvalue weighted by molar-refractivity contribution is 0.239. The van der Waals surface area contributed by atoms with Crippen LogP contribution in [0.4, 0.5) is 0 Å². The van der Waals surface area contributed by atoms with E-state index in [1.165, 1.54) is 11.1 Å². The molecule has 0 radical (unpaired) electrons. The van der Waals surface area contributed by atoms with Crippen molar-refractivity contribution in [3.05, 3.63) is 62.5 Å². The maximum absolute atomic E-state index is 5.81. The third-order valence-electron chi connectivity index (χ3n) is 3.32. The van der Waals surface area contributed by atoms with Crippen LogP contribution in [0.15, 0.2) is 51.4 Å². The zero-order valence-corrected chi connectivity index (χ0v) is 16.2. The van der Waals surface area contributed by atoms with Crippen molar-refractivity contribution in [1.29, 1.82) is 0 Å². The van der Waals surface area contributed by atoms with Crippen molar-refractivity contribution in [3.8, 4) is 5.75 Å². The molecule has 0 aliphatic carbocycles. The molecule has 2 aromatic rings. The van der Waals surface area contributed by atoms with Gasteiger partial charge < -0.3 is 10.1 Å². The highest BCUT2D eigenvalue weighted by atomic mass is 79.9. The number of ether oxygens (including phenoxy) is 1. The number of benzene rings is 2. The zero-order valence-electron chi connectivity index (χ0n) is 13.1. The molecule has 0 aromatic heterocycles. The molecule has 118 valence electrons. The lowest BCUT2D eigenvalue weighted by Gasteiger charge is -2.17. The summed E-state index contributed by atoms with van der Waals surface area (Å²) in [5, 5.41) is 3.55. The minimum atomic E-state index is 0.148. The fourth-order valence-corrected chi connectivity index (χ4v) is 3.66. The Hall–Kier alpha value is -0.840. The summed E-state index contributed by atoms with van der Waals surface area (Å²) in [4.78, 5) is 0. The number of halogens is 2. The van der Waals surface area contributed by atoms with Crippen molar-refractivity contribution >= 4 is 31.9 Å². The molecule has 1 N–H and O–H groups in total. The highest BCUT2D eigenvalue weighted by molar-refractivity contribution is 9.11. The highest BCUT2D eigenvalue weighted by Crippen LogP contribution is 2.35. The number of rotatable bonds is 6. The zero-order chi connectivity index (χ0) is 16.1. The van der Waals surface area contributed by atoms with Crippen molar-refractivity contribution in [3.63, 3.8) is 0 Å².